The normalized spacial score (nSPS) is 10.9. The summed E-state index contributed by atoms with van der Waals surface area (Å²) in [7, 11) is 0. The first-order chi connectivity index (χ1) is 11.6. The highest BCUT2D eigenvalue weighted by Gasteiger charge is 2.11. The lowest BCUT2D eigenvalue weighted by molar-refractivity contribution is 0.102. The third-order valence-electron chi connectivity index (χ3n) is 3.58. The minimum absolute atomic E-state index is 0.194. The molecule has 0 spiro atoms. The van der Waals surface area contributed by atoms with Gasteiger partial charge in [-0.15, -0.1) is 0 Å². The summed E-state index contributed by atoms with van der Waals surface area (Å²) in [5.41, 5.74) is 1.90. The number of nitrogens with one attached hydrogen (secondary N) is 1. The van der Waals surface area contributed by atoms with Crippen molar-refractivity contribution in [3.63, 3.8) is 0 Å². The van der Waals surface area contributed by atoms with E-state index in [1.54, 1.807) is 25.1 Å². The maximum Gasteiger partial charge on any atom is 0.276 e. The lowest BCUT2D eigenvalue weighted by Crippen LogP contribution is -2.26. The number of hydrogen-bond donors (Lipinski definition) is 1. The first-order valence-electron chi connectivity index (χ1n) is 7.83. The predicted molar refractivity (Wildman–Crippen MR) is 90.1 cm³/mol. The molecule has 7 nitrogen and oxygen atoms in total. The van der Waals surface area contributed by atoms with Crippen LogP contribution in [0.2, 0.25) is 0 Å². The van der Waals surface area contributed by atoms with Crippen LogP contribution in [0.3, 0.4) is 0 Å². The molecule has 0 aliphatic carbocycles. The molecule has 0 atom stereocenters. The number of fused-ring (bicyclic) bond motifs is 1. The Morgan fingerprint density at radius 2 is 2.12 bits per heavy atom. The smallest absolute Gasteiger partial charge is 0.276 e. The van der Waals surface area contributed by atoms with Crippen LogP contribution in [-0.2, 0) is 6.54 Å². The molecule has 7 heteroatoms. The molecule has 2 aromatic heterocycles. The second-order valence-corrected chi connectivity index (χ2v) is 5.50. The van der Waals surface area contributed by atoms with Crippen LogP contribution in [0.15, 0.2) is 39.5 Å². The molecule has 24 heavy (non-hydrogen) atoms. The van der Waals surface area contributed by atoms with Crippen molar-refractivity contribution in [2.24, 2.45) is 0 Å². The van der Waals surface area contributed by atoms with Crippen molar-refractivity contribution >= 4 is 22.7 Å². The van der Waals surface area contributed by atoms with Crippen molar-refractivity contribution in [3.8, 4) is 0 Å². The van der Waals surface area contributed by atoms with Crippen molar-refractivity contribution < 1.29 is 9.21 Å². The number of nitrogens with zero attached hydrogens (tertiary/aromatic N) is 3. The summed E-state index contributed by atoms with van der Waals surface area (Å²) >= 11 is 0. The van der Waals surface area contributed by atoms with Crippen molar-refractivity contribution in [1.29, 1.82) is 0 Å². The monoisotopic (exact) mass is 326 g/mol. The molecule has 0 saturated carbocycles. The molecule has 0 bridgehead atoms. The highest BCUT2D eigenvalue weighted by Crippen LogP contribution is 2.20. The van der Waals surface area contributed by atoms with Crippen LogP contribution < -0.4 is 10.9 Å². The fourth-order valence-electron chi connectivity index (χ4n) is 2.35. The lowest BCUT2D eigenvalue weighted by Gasteiger charge is -2.07. The van der Waals surface area contributed by atoms with Crippen LogP contribution in [0.5, 0.6) is 0 Å². The van der Waals surface area contributed by atoms with E-state index in [1.807, 2.05) is 6.92 Å². The van der Waals surface area contributed by atoms with Gasteiger partial charge in [0.1, 0.15) is 11.2 Å². The Labute approximate surface area is 138 Å². The number of rotatable bonds is 5. The zero-order valence-corrected chi connectivity index (χ0v) is 13.6. The van der Waals surface area contributed by atoms with Crippen molar-refractivity contribution in [3.05, 3.63) is 52.3 Å². The van der Waals surface area contributed by atoms with E-state index in [4.69, 9.17) is 4.42 Å². The van der Waals surface area contributed by atoms with E-state index in [0.29, 0.717) is 23.7 Å². The number of unbranched alkanes of at least 4 members (excludes halogenated alkanes) is 1. The van der Waals surface area contributed by atoms with E-state index < -0.39 is 0 Å². The second-order valence-electron chi connectivity index (χ2n) is 5.50. The SMILES string of the molecule is CCCCn1nc(C(=O)Nc2ccc3nc(C)oc3c2)ccc1=O. The minimum atomic E-state index is -0.379. The van der Waals surface area contributed by atoms with Crippen molar-refractivity contribution in [2.75, 3.05) is 5.32 Å². The Hall–Kier alpha value is -2.96. The number of aryl methyl sites for hydroxylation is 2. The molecule has 3 rings (SSSR count). The molecule has 0 saturated heterocycles. The van der Waals surface area contributed by atoms with E-state index in [-0.39, 0.29) is 17.2 Å². The number of aromatic nitrogens is 3. The van der Waals surface area contributed by atoms with Gasteiger partial charge in [-0.2, -0.15) is 5.10 Å². The van der Waals surface area contributed by atoms with Crippen LogP contribution in [0.1, 0.15) is 36.1 Å². The first kappa shape index (κ1) is 15.9. The fourth-order valence-corrected chi connectivity index (χ4v) is 2.35. The molecule has 0 aliphatic rings. The van der Waals surface area contributed by atoms with Gasteiger partial charge in [0.2, 0.25) is 0 Å². The molecule has 0 aliphatic heterocycles. The molecule has 0 unspecified atom stereocenters. The summed E-state index contributed by atoms with van der Waals surface area (Å²) in [4.78, 5) is 28.3. The molecule has 1 amide bonds. The summed E-state index contributed by atoms with van der Waals surface area (Å²) in [5.74, 6) is 0.189. The van der Waals surface area contributed by atoms with Crippen LogP contribution in [-0.4, -0.2) is 20.7 Å². The molecular formula is C17H18N4O3. The van der Waals surface area contributed by atoms with Crippen LogP contribution in [0.25, 0.3) is 11.1 Å². The topological polar surface area (TPSA) is 90.0 Å². The number of benzene rings is 1. The Balaban J connectivity index is 1.81. The molecule has 124 valence electrons. The zero-order chi connectivity index (χ0) is 17.1. The van der Waals surface area contributed by atoms with Crippen LogP contribution in [0.4, 0.5) is 5.69 Å². The molecule has 0 radical (unpaired) electrons. The number of oxazole rings is 1. The van der Waals surface area contributed by atoms with Gasteiger partial charge in [0.05, 0.1) is 0 Å². The van der Waals surface area contributed by atoms with Crippen LogP contribution >= 0.6 is 0 Å². The predicted octanol–water partition coefficient (Wildman–Crippen LogP) is 2.75. The Kier molecular flexibility index (Phi) is 4.41. The van der Waals surface area contributed by atoms with Gasteiger partial charge in [-0.25, -0.2) is 9.67 Å². The molecular weight excluding hydrogens is 308 g/mol. The molecule has 0 fully saturated rings. The van der Waals surface area contributed by atoms with E-state index in [1.165, 1.54) is 16.8 Å². The van der Waals surface area contributed by atoms with Gasteiger partial charge in [-0.1, -0.05) is 13.3 Å². The number of anilines is 1. The fraction of sp³-hybridized carbons (Fsp3) is 0.294. The van der Waals surface area contributed by atoms with E-state index >= 15 is 0 Å². The number of carbonyl (C=O) groups excluding carboxylic acids is 1. The minimum Gasteiger partial charge on any atom is -0.441 e. The van der Waals surface area contributed by atoms with E-state index in [9.17, 15) is 9.59 Å². The summed E-state index contributed by atoms with van der Waals surface area (Å²) in [6, 6.07) is 8.02. The van der Waals surface area contributed by atoms with Gasteiger partial charge in [0.15, 0.2) is 11.5 Å². The van der Waals surface area contributed by atoms with Gasteiger partial charge in [0, 0.05) is 31.3 Å². The Bertz CT molecular complexity index is 942. The molecule has 1 N–H and O–H groups in total. The maximum atomic E-state index is 12.4. The molecule has 1 aromatic carbocycles. The van der Waals surface area contributed by atoms with Crippen molar-refractivity contribution in [1.82, 2.24) is 14.8 Å². The highest BCUT2D eigenvalue weighted by molar-refractivity contribution is 6.03. The number of hydrogen-bond acceptors (Lipinski definition) is 5. The largest absolute Gasteiger partial charge is 0.441 e. The summed E-state index contributed by atoms with van der Waals surface area (Å²) in [5, 5.41) is 6.89. The lowest BCUT2D eigenvalue weighted by atomic mass is 10.2. The third-order valence-corrected chi connectivity index (χ3v) is 3.58. The second kappa shape index (κ2) is 6.66. The van der Waals surface area contributed by atoms with Gasteiger partial charge < -0.3 is 9.73 Å². The number of carbonyl (C=O) groups is 1. The maximum absolute atomic E-state index is 12.4. The van der Waals surface area contributed by atoms with Crippen LogP contribution in [0, 0.1) is 6.92 Å². The Morgan fingerprint density at radius 3 is 2.92 bits per heavy atom. The van der Waals surface area contributed by atoms with Gasteiger partial charge in [-0.3, -0.25) is 9.59 Å². The van der Waals surface area contributed by atoms with Gasteiger partial charge in [-0.05, 0) is 24.6 Å². The summed E-state index contributed by atoms with van der Waals surface area (Å²) in [6.07, 6.45) is 1.78. The zero-order valence-electron chi connectivity index (χ0n) is 13.6. The third kappa shape index (κ3) is 3.34. The quantitative estimate of drug-likeness (QED) is 0.778. The van der Waals surface area contributed by atoms with E-state index in [0.717, 1.165) is 18.4 Å². The standard InChI is InChI=1S/C17H18N4O3/c1-3-4-9-21-16(22)8-7-14(20-21)17(23)19-12-5-6-13-15(10-12)24-11(2)18-13/h5-8,10H,3-4,9H2,1-2H3,(H,19,23). The highest BCUT2D eigenvalue weighted by atomic mass is 16.3. The summed E-state index contributed by atoms with van der Waals surface area (Å²) < 4.78 is 6.77. The first-order valence-corrected chi connectivity index (χ1v) is 7.83. The van der Waals surface area contributed by atoms with Gasteiger partial charge >= 0.3 is 0 Å². The average Bonchev–Trinajstić information content (AvgIpc) is 2.93. The average molecular weight is 326 g/mol. The van der Waals surface area contributed by atoms with Crippen molar-refractivity contribution in [2.45, 2.75) is 33.2 Å². The van der Waals surface area contributed by atoms with E-state index in [2.05, 4.69) is 15.4 Å². The Morgan fingerprint density at radius 1 is 1.29 bits per heavy atom. The summed E-state index contributed by atoms with van der Waals surface area (Å²) in [6.45, 7) is 4.30. The number of amides is 1. The molecule has 2 heterocycles. The van der Waals surface area contributed by atoms with Gasteiger partial charge in [0.25, 0.3) is 11.5 Å². The molecule has 3 aromatic rings.